The highest BCUT2D eigenvalue weighted by molar-refractivity contribution is 5.82. The topological polar surface area (TPSA) is 107 Å². The van der Waals surface area contributed by atoms with Gasteiger partial charge in [-0.15, -0.1) is 5.10 Å². The van der Waals surface area contributed by atoms with Crippen LogP contribution in [0.3, 0.4) is 0 Å². The number of benzene rings is 2. The normalized spacial score (nSPS) is 16.8. The van der Waals surface area contributed by atoms with Crippen LogP contribution in [0.4, 0.5) is 0 Å². The molecule has 37 heavy (non-hydrogen) atoms. The van der Waals surface area contributed by atoms with E-state index in [0.29, 0.717) is 31.7 Å². The first-order chi connectivity index (χ1) is 18.0. The molecule has 192 valence electrons. The molecule has 0 amide bonds. The highest BCUT2D eigenvalue weighted by Gasteiger charge is 2.22. The summed E-state index contributed by atoms with van der Waals surface area (Å²) in [6, 6.07) is 12.1. The summed E-state index contributed by atoms with van der Waals surface area (Å²) in [5.74, 6) is 2.21. The number of nitrogens with one attached hydrogen (secondary N) is 1. The Morgan fingerprint density at radius 2 is 1.97 bits per heavy atom. The fourth-order valence-corrected chi connectivity index (χ4v) is 5.22. The van der Waals surface area contributed by atoms with Gasteiger partial charge in [-0.25, -0.2) is 4.68 Å². The summed E-state index contributed by atoms with van der Waals surface area (Å²) in [4.78, 5) is 18.4. The molecule has 6 rings (SSSR count). The van der Waals surface area contributed by atoms with Gasteiger partial charge >= 0.3 is 0 Å². The molecule has 0 aliphatic carbocycles. The van der Waals surface area contributed by atoms with Gasteiger partial charge < -0.3 is 19.2 Å². The van der Waals surface area contributed by atoms with E-state index in [0.717, 1.165) is 64.4 Å². The quantitative estimate of drug-likeness (QED) is 0.391. The fourth-order valence-electron chi connectivity index (χ4n) is 5.22. The van der Waals surface area contributed by atoms with Crippen molar-refractivity contribution in [1.29, 1.82) is 0 Å². The van der Waals surface area contributed by atoms with Gasteiger partial charge in [0.25, 0.3) is 5.56 Å². The van der Waals surface area contributed by atoms with Crippen LogP contribution in [0.2, 0.25) is 0 Å². The molecular weight excluding hydrogens is 472 g/mol. The van der Waals surface area contributed by atoms with Crippen LogP contribution in [0, 0.1) is 13.8 Å². The Morgan fingerprint density at radius 1 is 1.08 bits per heavy atom. The number of hydrogen-bond donors (Lipinski definition) is 1. The first kappa shape index (κ1) is 23.6. The summed E-state index contributed by atoms with van der Waals surface area (Å²) in [6.07, 6.45) is 2.19. The predicted molar refractivity (Wildman–Crippen MR) is 136 cm³/mol. The van der Waals surface area contributed by atoms with Crippen LogP contribution < -0.4 is 15.0 Å². The van der Waals surface area contributed by atoms with E-state index < -0.39 is 0 Å². The number of tetrazole rings is 1. The van der Waals surface area contributed by atoms with Crippen LogP contribution in [-0.4, -0.2) is 49.6 Å². The summed E-state index contributed by atoms with van der Waals surface area (Å²) in [7, 11) is 0. The number of nitrogens with zero attached hydrogens (tertiary/aromatic N) is 5. The maximum Gasteiger partial charge on any atom is 0.252 e. The molecule has 4 heterocycles. The molecule has 2 aliphatic rings. The molecule has 1 N–H and O–H groups in total. The zero-order chi connectivity index (χ0) is 25.4. The number of aryl methyl sites for hydroxylation is 2. The van der Waals surface area contributed by atoms with Gasteiger partial charge in [-0.05, 0) is 77.9 Å². The van der Waals surface area contributed by atoms with Crippen LogP contribution >= 0.6 is 0 Å². The van der Waals surface area contributed by atoms with Crippen molar-refractivity contribution >= 4 is 10.9 Å². The van der Waals surface area contributed by atoms with E-state index in [9.17, 15) is 4.79 Å². The van der Waals surface area contributed by atoms with Crippen molar-refractivity contribution in [3.8, 4) is 11.5 Å². The van der Waals surface area contributed by atoms with Crippen LogP contribution in [0.1, 0.15) is 40.9 Å². The number of ether oxygens (including phenoxy) is 3. The third kappa shape index (κ3) is 5.07. The molecule has 4 aromatic rings. The minimum atomic E-state index is -0.0888. The SMILES string of the molecule is Cc1cc(C)c2[nH]c(=O)c(CN(Cc3ccc4c(c3)OCO4)Cc3nnnn3C[C@@H]3CCCO3)cc2c1. The van der Waals surface area contributed by atoms with Crippen molar-refractivity contribution in [3.05, 3.63) is 74.8 Å². The van der Waals surface area contributed by atoms with E-state index in [1.54, 1.807) is 0 Å². The lowest BCUT2D eigenvalue weighted by molar-refractivity contribution is 0.0914. The molecule has 0 bridgehead atoms. The van der Waals surface area contributed by atoms with E-state index in [1.165, 1.54) is 0 Å². The number of hydrogen-bond acceptors (Lipinski definition) is 8. The number of aromatic amines is 1. The predicted octanol–water partition coefficient (Wildman–Crippen LogP) is 3.24. The summed E-state index contributed by atoms with van der Waals surface area (Å²) in [5, 5.41) is 13.5. The summed E-state index contributed by atoms with van der Waals surface area (Å²) >= 11 is 0. The van der Waals surface area contributed by atoms with Gasteiger partial charge in [-0.2, -0.15) is 0 Å². The van der Waals surface area contributed by atoms with Gasteiger partial charge in [-0.1, -0.05) is 17.7 Å². The molecule has 1 saturated heterocycles. The standard InChI is InChI=1S/C27H30N6O4/c1-17-8-18(2)26-20(9-17)11-21(27(34)28-26)13-32(12-19-5-6-23-24(10-19)37-16-36-23)15-25-29-30-31-33(25)14-22-4-3-7-35-22/h5-6,8-11,22H,3-4,7,12-16H2,1-2H3,(H,28,34)/t22-/m0/s1. The van der Waals surface area contributed by atoms with Crippen molar-refractivity contribution in [1.82, 2.24) is 30.1 Å². The molecule has 1 atom stereocenters. The largest absolute Gasteiger partial charge is 0.454 e. The molecule has 2 aromatic carbocycles. The Hall–Kier alpha value is -3.76. The molecule has 10 nitrogen and oxygen atoms in total. The Bertz CT molecular complexity index is 1490. The zero-order valence-corrected chi connectivity index (χ0v) is 21.1. The minimum absolute atomic E-state index is 0.0888. The van der Waals surface area contributed by atoms with Gasteiger partial charge in [0.2, 0.25) is 6.79 Å². The Labute approximate surface area is 214 Å². The smallest absolute Gasteiger partial charge is 0.252 e. The average molecular weight is 503 g/mol. The van der Waals surface area contributed by atoms with E-state index in [4.69, 9.17) is 14.2 Å². The van der Waals surface area contributed by atoms with Gasteiger partial charge in [-0.3, -0.25) is 9.69 Å². The molecule has 1 fully saturated rings. The molecule has 0 spiro atoms. The second kappa shape index (κ2) is 9.95. The molecular formula is C27H30N6O4. The molecule has 0 saturated carbocycles. The number of H-pyrrole nitrogens is 1. The van der Waals surface area contributed by atoms with Crippen LogP contribution in [0.25, 0.3) is 10.9 Å². The summed E-state index contributed by atoms with van der Waals surface area (Å²) < 4.78 is 18.7. The lowest BCUT2D eigenvalue weighted by Gasteiger charge is -2.22. The number of pyridine rings is 1. The van der Waals surface area contributed by atoms with Crippen molar-refractivity contribution < 1.29 is 14.2 Å². The molecule has 10 heteroatoms. The van der Waals surface area contributed by atoms with E-state index in [2.05, 4.69) is 44.5 Å². The maximum absolute atomic E-state index is 13.1. The third-order valence-electron chi connectivity index (χ3n) is 6.98. The van der Waals surface area contributed by atoms with E-state index in [1.807, 2.05) is 35.9 Å². The zero-order valence-electron chi connectivity index (χ0n) is 21.1. The van der Waals surface area contributed by atoms with Crippen LogP contribution in [0.5, 0.6) is 11.5 Å². The molecule has 2 aliphatic heterocycles. The Balaban J connectivity index is 1.31. The van der Waals surface area contributed by atoms with Crippen LogP contribution in [-0.2, 0) is 30.9 Å². The van der Waals surface area contributed by atoms with E-state index >= 15 is 0 Å². The van der Waals surface area contributed by atoms with Crippen molar-refractivity contribution in [2.24, 2.45) is 0 Å². The Morgan fingerprint density at radius 3 is 2.84 bits per heavy atom. The second-order valence-corrected chi connectivity index (χ2v) is 9.91. The highest BCUT2D eigenvalue weighted by Crippen LogP contribution is 2.33. The van der Waals surface area contributed by atoms with Gasteiger partial charge in [0, 0.05) is 25.3 Å². The molecule has 0 radical (unpaired) electrons. The molecule has 0 unspecified atom stereocenters. The highest BCUT2D eigenvalue weighted by atomic mass is 16.7. The summed E-state index contributed by atoms with van der Waals surface area (Å²) in [5.41, 5.74) is 4.75. The second-order valence-electron chi connectivity index (χ2n) is 9.91. The van der Waals surface area contributed by atoms with Gasteiger partial charge in [0.05, 0.1) is 24.7 Å². The first-order valence-electron chi connectivity index (χ1n) is 12.6. The summed E-state index contributed by atoms with van der Waals surface area (Å²) in [6.45, 7) is 7.19. The van der Waals surface area contributed by atoms with Crippen LogP contribution in [0.15, 0.2) is 41.2 Å². The lowest BCUT2D eigenvalue weighted by atomic mass is 10.0. The fraction of sp³-hybridized carbons (Fsp3) is 0.407. The average Bonchev–Trinajstić information content (AvgIpc) is 3.63. The first-order valence-corrected chi connectivity index (χ1v) is 12.6. The lowest BCUT2D eigenvalue weighted by Crippen LogP contribution is -2.29. The minimum Gasteiger partial charge on any atom is -0.454 e. The monoisotopic (exact) mass is 502 g/mol. The van der Waals surface area contributed by atoms with Gasteiger partial charge in [0.15, 0.2) is 17.3 Å². The van der Waals surface area contributed by atoms with Gasteiger partial charge in [0.1, 0.15) is 0 Å². The number of rotatable bonds is 8. The third-order valence-corrected chi connectivity index (χ3v) is 6.98. The van der Waals surface area contributed by atoms with E-state index in [-0.39, 0.29) is 18.5 Å². The van der Waals surface area contributed by atoms with Crippen molar-refractivity contribution in [2.75, 3.05) is 13.4 Å². The Kier molecular flexibility index (Phi) is 6.35. The van der Waals surface area contributed by atoms with Crippen molar-refractivity contribution in [3.63, 3.8) is 0 Å². The maximum atomic E-state index is 13.1. The number of aromatic nitrogens is 5. The number of fused-ring (bicyclic) bond motifs is 2. The molecule has 2 aromatic heterocycles. The van der Waals surface area contributed by atoms with Crippen molar-refractivity contribution in [2.45, 2.75) is 59.0 Å².